The summed E-state index contributed by atoms with van der Waals surface area (Å²) in [5.74, 6) is 0.586. The van der Waals surface area contributed by atoms with Gasteiger partial charge in [-0.05, 0) is 30.3 Å². The van der Waals surface area contributed by atoms with Crippen LogP contribution in [0.5, 0.6) is 0 Å². The van der Waals surface area contributed by atoms with Gasteiger partial charge in [-0.3, -0.25) is 0 Å². The van der Waals surface area contributed by atoms with Crippen LogP contribution in [0, 0.1) is 11.3 Å². The normalized spacial score (nSPS) is 10.2. The molecule has 0 aliphatic heterocycles. The van der Waals surface area contributed by atoms with Crippen LogP contribution in [0.2, 0.25) is 5.02 Å². The molecule has 4 nitrogen and oxygen atoms in total. The Morgan fingerprint density at radius 1 is 1.18 bits per heavy atom. The lowest BCUT2D eigenvalue weighted by molar-refractivity contribution is 0.573. The van der Waals surface area contributed by atoms with E-state index >= 15 is 0 Å². The first-order chi connectivity index (χ1) is 10.8. The van der Waals surface area contributed by atoms with Gasteiger partial charge in [0.05, 0.1) is 34.6 Å². The van der Waals surface area contributed by atoms with Gasteiger partial charge in [-0.1, -0.05) is 29.8 Å². The van der Waals surface area contributed by atoms with Crippen LogP contribution in [0.1, 0.15) is 11.3 Å². The van der Waals surface area contributed by atoms with Crippen LogP contribution >= 0.6 is 11.6 Å². The van der Waals surface area contributed by atoms with E-state index in [1.807, 2.05) is 30.3 Å². The van der Waals surface area contributed by atoms with Crippen LogP contribution in [0.25, 0.3) is 11.5 Å². The summed E-state index contributed by atoms with van der Waals surface area (Å²) in [5, 5.41) is 12.5. The average molecular weight is 310 g/mol. The zero-order chi connectivity index (χ0) is 15.4. The Balaban J connectivity index is 1.70. The Morgan fingerprint density at radius 2 is 2.00 bits per heavy atom. The molecular weight excluding hydrogens is 298 g/mol. The molecule has 0 aliphatic rings. The lowest BCUT2D eigenvalue weighted by Crippen LogP contribution is -2.00. The maximum absolute atomic E-state index is 8.82. The number of oxazole rings is 1. The first-order valence-corrected chi connectivity index (χ1v) is 7.07. The summed E-state index contributed by atoms with van der Waals surface area (Å²) in [4.78, 5) is 4.43. The van der Waals surface area contributed by atoms with E-state index in [2.05, 4.69) is 16.4 Å². The quantitative estimate of drug-likeness (QED) is 0.772. The van der Waals surface area contributed by atoms with Crippen molar-refractivity contribution in [1.82, 2.24) is 4.98 Å². The lowest BCUT2D eigenvalue weighted by atomic mass is 10.2. The van der Waals surface area contributed by atoms with E-state index in [0.29, 0.717) is 23.0 Å². The number of halogens is 1. The molecule has 1 heterocycles. The molecule has 5 heteroatoms. The van der Waals surface area contributed by atoms with Crippen molar-refractivity contribution >= 4 is 17.3 Å². The molecule has 0 saturated carbocycles. The number of nitriles is 1. The predicted molar refractivity (Wildman–Crippen MR) is 85.4 cm³/mol. The molecule has 1 aromatic heterocycles. The predicted octanol–water partition coefficient (Wildman–Crippen LogP) is 4.48. The highest BCUT2D eigenvalue weighted by atomic mass is 35.5. The first kappa shape index (κ1) is 14.2. The smallest absolute Gasteiger partial charge is 0.226 e. The van der Waals surface area contributed by atoms with Crippen LogP contribution in [-0.4, -0.2) is 4.98 Å². The van der Waals surface area contributed by atoms with Crippen molar-refractivity contribution in [3.05, 3.63) is 71.1 Å². The lowest BCUT2D eigenvalue weighted by Gasteiger charge is -2.06. The van der Waals surface area contributed by atoms with Crippen LogP contribution in [0.4, 0.5) is 5.69 Å². The largest absolute Gasteiger partial charge is 0.444 e. The van der Waals surface area contributed by atoms with E-state index in [1.165, 1.54) is 0 Å². The van der Waals surface area contributed by atoms with Crippen LogP contribution in [-0.2, 0) is 6.54 Å². The Kier molecular flexibility index (Phi) is 4.08. The number of aromatic nitrogens is 1. The molecule has 0 bridgehead atoms. The van der Waals surface area contributed by atoms with Gasteiger partial charge in [0.25, 0.3) is 0 Å². The maximum atomic E-state index is 8.82. The van der Waals surface area contributed by atoms with E-state index in [9.17, 15) is 0 Å². The Bertz CT molecular complexity index is 821. The molecule has 108 valence electrons. The standard InChI is InChI=1S/C17H12ClN3O/c18-15-8-12(9-19)6-7-16(15)20-10-14-11-22-17(21-14)13-4-2-1-3-5-13/h1-8,11,20H,10H2. The van der Waals surface area contributed by atoms with Gasteiger partial charge in [0, 0.05) is 5.56 Å². The molecule has 0 unspecified atom stereocenters. The Labute approximate surface area is 133 Å². The van der Waals surface area contributed by atoms with Gasteiger partial charge in [-0.2, -0.15) is 5.26 Å². The molecular formula is C17H12ClN3O. The van der Waals surface area contributed by atoms with Crippen molar-refractivity contribution in [1.29, 1.82) is 5.26 Å². The zero-order valence-electron chi connectivity index (χ0n) is 11.6. The molecule has 1 N–H and O–H groups in total. The molecule has 0 saturated heterocycles. The summed E-state index contributed by atoms with van der Waals surface area (Å²) in [5.41, 5.74) is 3.00. The molecule has 0 amide bonds. The number of benzene rings is 2. The fraction of sp³-hybridized carbons (Fsp3) is 0.0588. The van der Waals surface area contributed by atoms with Crippen molar-refractivity contribution < 1.29 is 4.42 Å². The summed E-state index contributed by atoms with van der Waals surface area (Å²) in [6, 6.07) is 16.9. The molecule has 0 spiro atoms. The highest BCUT2D eigenvalue weighted by Gasteiger charge is 2.07. The topological polar surface area (TPSA) is 61.9 Å². The number of nitrogens with zero attached hydrogens (tertiary/aromatic N) is 2. The third kappa shape index (κ3) is 3.11. The highest BCUT2D eigenvalue weighted by molar-refractivity contribution is 6.33. The van der Waals surface area contributed by atoms with Crippen molar-refractivity contribution in [3.8, 4) is 17.5 Å². The highest BCUT2D eigenvalue weighted by Crippen LogP contribution is 2.24. The summed E-state index contributed by atoms with van der Waals surface area (Å²) in [7, 11) is 0. The van der Waals surface area contributed by atoms with E-state index in [4.69, 9.17) is 21.3 Å². The van der Waals surface area contributed by atoms with Gasteiger partial charge in [0.15, 0.2) is 0 Å². The second kappa shape index (κ2) is 6.33. The molecule has 22 heavy (non-hydrogen) atoms. The number of rotatable bonds is 4. The SMILES string of the molecule is N#Cc1ccc(NCc2coc(-c3ccccc3)n2)c(Cl)c1. The molecule has 3 rings (SSSR count). The molecule has 0 fully saturated rings. The van der Waals surface area contributed by atoms with E-state index in [0.717, 1.165) is 16.9 Å². The third-order valence-corrected chi connectivity index (χ3v) is 3.44. The molecule has 3 aromatic rings. The van der Waals surface area contributed by atoms with Gasteiger partial charge in [-0.15, -0.1) is 0 Å². The average Bonchev–Trinajstić information content (AvgIpc) is 3.03. The first-order valence-electron chi connectivity index (χ1n) is 6.69. The maximum Gasteiger partial charge on any atom is 0.226 e. The fourth-order valence-electron chi connectivity index (χ4n) is 2.02. The van der Waals surface area contributed by atoms with Gasteiger partial charge in [0.2, 0.25) is 5.89 Å². The molecule has 0 aliphatic carbocycles. The van der Waals surface area contributed by atoms with Gasteiger partial charge in [0.1, 0.15) is 6.26 Å². The number of hydrogen-bond donors (Lipinski definition) is 1. The summed E-state index contributed by atoms with van der Waals surface area (Å²) in [6.45, 7) is 0.488. The van der Waals surface area contributed by atoms with Gasteiger partial charge < -0.3 is 9.73 Å². The van der Waals surface area contributed by atoms with E-state index in [1.54, 1.807) is 24.5 Å². The van der Waals surface area contributed by atoms with Crippen molar-refractivity contribution in [3.63, 3.8) is 0 Å². The van der Waals surface area contributed by atoms with E-state index < -0.39 is 0 Å². The Morgan fingerprint density at radius 3 is 2.73 bits per heavy atom. The van der Waals surface area contributed by atoms with Crippen LogP contribution in [0.15, 0.2) is 59.2 Å². The number of nitrogens with one attached hydrogen (secondary N) is 1. The van der Waals surface area contributed by atoms with Crippen LogP contribution < -0.4 is 5.32 Å². The minimum Gasteiger partial charge on any atom is -0.444 e. The number of anilines is 1. The minimum atomic E-state index is 0.488. The van der Waals surface area contributed by atoms with Crippen molar-refractivity contribution in [2.45, 2.75) is 6.54 Å². The monoisotopic (exact) mass is 309 g/mol. The number of hydrogen-bond acceptors (Lipinski definition) is 4. The summed E-state index contributed by atoms with van der Waals surface area (Å²) >= 11 is 6.12. The second-order valence-electron chi connectivity index (χ2n) is 4.67. The molecule has 0 radical (unpaired) electrons. The van der Waals surface area contributed by atoms with Gasteiger partial charge in [-0.25, -0.2) is 4.98 Å². The minimum absolute atomic E-state index is 0.488. The van der Waals surface area contributed by atoms with Crippen LogP contribution in [0.3, 0.4) is 0 Å². The van der Waals surface area contributed by atoms with Gasteiger partial charge >= 0.3 is 0 Å². The molecule has 0 atom stereocenters. The van der Waals surface area contributed by atoms with Crippen molar-refractivity contribution in [2.24, 2.45) is 0 Å². The Hall–Kier alpha value is -2.77. The summed E-state index contributed by atoms with van der Waals surface area (Å²) in [6.07, 6.45) is 1.62. The zero-order valence-corrected chi connectivity index (χ0v) is 12.3. The summed E-state index contributed by atoms with van der Waals surface area (Å²) < 4.78 is 5.48. The fourth-order valence-corrected chi connectivity index (χ4v) is 2.26. The molecule has 2 aromatic carbocycles. The third-order valence-electron chi connectivity index (χ3n) is 3.13. The van der Waals surface area contributed by atoms with Crippen molar-refractivity contribution in [2.75, 3.05) is 5.32 Å². The van der Waals surface area contributed by atoms with E-state index in [-0.39, 0.29) is 0 Å². The second-order valence-corrected chi connectivity index (χ2v) is 5.08.